The second-order valence-corrected chi connectivity index (χ2v) is 7.63. The van der Waals surface area contributed by atoms with Crippen molar-refractivity contribution < 1.29 is 18.0 Å². The quantitative estimate of drug-likeness (QED) is 0.682. The third-order valence-electron chi connectivity index (χ3n) is 2.70. The van der Waals surface area contributed by atoms with Crippen molar-refractivity contribution in [2.45, 2.75) is 26.7 Å². The van der Waals surface area contributed by atoms with Gasteiger partial charge >= 0.3 is 0 Å². The Morgan fingerprint density at radius 2 is 1.74 bits per heavy atom. The Morgan fingerprint density at radius 3 is 2.11 bits per heavy atom. The fraction of sp³-hybridized carbons (Fsp3) is 0.833. The summed E-state index contributed by atoms with van der Waals surface area (Å²) in [4.78, 5) is 24.1. The molecule has 0 aromatic heterocycles. The second-order valence-electron chi connectivity index (χ2n) is 5.40. The van der Waals surface area contributed by atoms with Gasteiger partial charge in [0.1, 0.15) is 0 Å². The SMILES string of the molecule is CC(C)CCS(=O)(=O)CC(CC(N)=O)C(=O)N(C)C. The molecule has 0 aromatic rings. The summed E-state index contributed by atoms with van der Waals surface area (Å²) >= 11 is 0. The number of nitrogens with zero attached hydrogens (tertiary/aromatic N) is 1. The van der Waals surface area contributed by atoms with Crippen LogP contribution in [0.4, 0.5) is 0 Å². The van der Waals surface area contributed by atoms with Crippen molar-refractivity contribution in [3.8, 4) is 0 Å². The zero-order chi connectivity index (χ0) is 15.2. The lowest BCUT2D eigenvalue weighted by molar-refractivity contribution is -0.134. The first-order valence-electron chi connectivity index (χ1n) is 6.25. The van der Waals surface area contributed by atoms with E-state index in [9.17, 15) is 18.0 Å². The van der Waals surface area contributed by atoms with Gasteiger partial charge in [-0.05, 0) is 12.3 Å². The monoisotopic (exact) mass is 292 g/mol. The van der Waals surface area contributed by atoms with E-state index in [2.05, 4.69) is 0 Å². The molecule has 0 aliphatic carbocycles. The highest BCUT2D eigenvalue weighted by atomic mass is 32.2. The summed E-state index contributed by atoms with van der Waals surface area (Å²) in [5.41, 5.74) is 5.07. The maximum Gasteiger partial charge on any atom is 0.226 e. The Balaban J connectivity index is 4.81. The second kappa shape index (κ2) is 7.47. The van der Waals surface area contributed by atoms with Crippen LogP contribution >= 0.6 is 0 Å². The molecular formula is C12H24N2O4S. The van der Waals surface area contributed by atoms with Crippen LogP contribution in [0.25, 0.3) is 0 Å². The standard InChI is InChI=1S/C12H24N2O4S/c1-9(2)5-6-19(17,18)8-10(7-11(13)15)12(16)14(3)4/h9-10H,5-8H2,1-4H3,(H2,13,15). The van der Waals surface area contributed by atoms with Crippen LogP contribution in [0.5, 0.6) is 0 Å². The van der Waals surface area contributed by atoms with Crippen LogP contribution in [0.1, 0.15) is 26.7 Å². The molecule has 7 heteroatoms. The number of carbonyl (C=O) groups is 2. The van der Waals surface area contributed by atoms with Gasteiger partial charge < -0.3 is 10.6 Å². The maximum absolute atomic E-state index is 11.9. The topological polar surface area (TPSA) is 97.5 Å². The highest BCUT2D eigenvalue weighted by Gasteiger charge is 2.28. The van der Waals surface area contributed by atoms with Gasteiger partial charge in [-0.15, -0.1) is 0 Å². The van der Waals surface area contributed by atoms with Gasteiger partial charge in [-0.1, -0.05) is 13.8 Å². The summed E-state index contributed by atoms with van der Waals surface area (Å²) in [5.74, 6) is -1.95. The minimum Gasteiger partial charge on any atom is -0.370 e. The van der Waals surface area contributed by atoms with Crippen LogP contribution in [0.2, 0.25) is 0 Å². The van der Waals surface area contributed by atoms with Crippen LogP contribution in [0.3, 0.4) is 0 Å². The summed E-state index contributed by atoms with van der Waals surface area (Å²) in [6.45, 7) is 3.86. The Kier molecular flexibility index (Phi) is 7.04. The van der Waals surface area contributed by atoms with Crippen molar-refractivity contribution in [1.82, 2.24) is 4.90 Å². The molecule has 0 saturated carbocycles. The van der Waals surface area contributed by atoms with E-state index in [4.69, 9.17) is 5.73 Å². The molecular weight excluding hydrogens is 268 g/mol. The smallest absolute Gasteiger partial charge is 0.226 e. The summed E-state index contributed by atoms with van der Waals surface area (Å²) in [6.07, 6.45) is 0.305. The van der Waals surface area contributed by atoms with Crippen LogP contribution in [-0.2, 0) is 19.4 Å². The third-order valence-corrected chi connectivity index (χ3v) is 4.47. The zero-order valence-corrected chi connectivity index (χ0v) is 12.9. The van der Waals surface area contributed by atoms with Gasteiger partial charge in [0.25, 0.3) is 0 Å². The van der Waals surface area contributed by atoms with E-state index in [0.717, 1.165) is 0 Å². The predicted octanol–water partition coefficient (Wildman–Crippen LogP) is 0.0271. The predicted molar refractivity (Wildman–Crippen MR) is 74.1 cm³/mol. The molecule has 6 nitrogen and oxygen atoms in total. The van der Waals surface area contributed by atoms with E-state index in [-0.39, 0.29) is 29.8 Å². The molecule has 0 bridgehead atoms. The Labute approximate surface area is 115 Å². The number of amides is 2. The fourth-order valence-corrected chi connectivity index (χ4v) is 3.50. The van der Waals surface area contributed by atoms with Crippen molar-refractivity contribution in [1.29, 1.82) is 0 Å². The zero-order valence-electron chi connectivity index (χ0n) is 12.0. The van der Waals surface area contributed by atoms with Crippen molar-refractivity contribution in [2.75, 3.05) is 25.6 Å². The summed E-state index contributed by atoms with van der Waals surface area (Å²) in [5, 5.41) is 0. The molecule has 0 rings (SSSR count). The van der Waals surface area contributed by atoms with Gasteiger partial charge in [0.2, 0.25) is 11.8 Å². The van der Waals surface area contributed by atoms with Gasteiger partial charge in [-0.25, -0.2) is 8.42 Å². The minimum absolute atomic E-state index is 0.0284. The van der Waals surface area contributed by atoms with E-state index in [1.807, 2.05) is 13.8 Å². The van der Waals surface area contributed by atoms with E-state index in [1.165, 1.54) is 19.0 Å². The van der Waals surface area contributed by atoms with Crippen LogP contribution in [0, 0.1) is 11.8 Å². The highest BCUT2D eigenvalue weighted by molar-refractivity contribution is 7.91. The van der Waals surface area contributed by atoms with Crippen LogP contribution < -0.4 is 5.73 Å². The summed E-state index contributed by atoms with van der Waals surface area (Å²) in [7, 11) is -0.306. The molecule has 1 atom stereocenters. The van der Waals surface area contributed by atoms with E-state index in [1.54, 1.807) is 0 Å². The third kappa shape index (κ3) is 7.81. The number of sulfone groups is 1. The van der Waals surface area contributed by atoms with Gasteiger partial charge in [0.15, 0.2) is 9.84 Å². The molecule has 112 valence electrons. The molecule has 0 aliphatic heterocycles. The lowest BCUT2D eigenvalue weighted by Gasteiger charge is -2.19. The van der Waals surface area contributed by atoms with Crippen LogP contribution in [0.15, 0.2) is 0 Å². The molecule has 19 heavy (non-hydrogen) atoms. The van der Waals surface area contributed by atoms with Crippen molar-refractivity contribution in [3.63, 3.8) is 0 Å². The number of nitrogens with two attached hydrogens (primary N) is 1. The Bertz CT molecular complexity index is 415. The maximum atomic E-state index is 11.9. The molecule has 0 aliphatic rings. The van der Waals surface area contributed by atoms with Gasteiger partial charge in [-0.3, -0.25) is 9.59 Å². The van der Waals surface area contributed by atoms with Gasteiger partial charge in [0, 0.05) is 20.5 Å². The minimum atomic E-state index is -3.36. The van der Waals surface area contributed by atoms with Gasteiger partial charge in [-0.2, -0.15) is 0 Å². The molecule has 0 aromatic carbocycles. The Hall–Kier alpha value is -1.11. The first kappa shape index (κ1) is 17.9. The van der Waals surface area contributed by atoms with Crippen molar-refractivity contribution >= 4 is 21.7 Å². The van der Waals surface area contributed by atoms with Gasteiger partial charge in [0.05, 0.1) is 17.4 Å². The van der Waals surface area contributed by atoms with Crippen molar-refractivity contribution in [2.24, 2.45) is 17.6 Å². The number of primary amides is 1. The van der Waals surface area contributed by atoms with E-state index in [0.29, 0.717) is 6.42 Å². The summed E-state index contributed by atoms with van der Waals surface area (Å²) < 4.78 is 23.9. The summed E-state index contributed by atoms with van der Waals surface area (Å²) in [6, 6.07) is 0. The largest absolute Gasteiger partial charge is 0.370 e. The van der Waals surface area contributed by atoms with Crippen LogP contribution in [-0.4, -0.2) is 50.7 Å². The lowest BCUT2D eigenvalue weighted by Crippen LogP contribution is -2.37. The number of hydrogen-bond acceptors (Lipinski definition) is 4. The molecule has 0 saturated heterocycles. The number of hydrogen-bond donors (Lipinski definition) is 1. The normalized spacial score (nSPS) is 13.3. The Morgan fingerprint density at radius 1 is 1.21 bits per heavy atom. The molecule has 0 fully saturated rings. The molecule has 0 heterocycles. The molecule has 2 amide bonds. The first-order chi connectivity index (χ1) is 8.55. The van der Waals surface area contributed by atoms with E-state index < -0.39 is 21.7 Å². The molecule has 0 spiro atoms. The van der Waals surface area contributed by atoms with E-state index >= 15 is 0 Å². The average molecular weight is 292 g/mol. The molecule has 0 radical (unpaired) electrons. The highest BCUT2D eigenvalue weighted by Crippen LogP contribution is 2.13. The number of rotatable bonds is 8. The molecule has 1 unspecified atom stereocenters. The first-order valence-corrected chi connectivity index (χ1v) is 8.07. The molecule has 2 N–H and O–H groups in total. The lowest BCUT2D eigenvalue weighted by atomic mass is 10.1. The average Bonchev–Trinajstić information content (AvgIpc) is 2.23. The van der Waals surface area contributed by atoms with Crippen molar-refractivity contribution in [3.05, 3.63) is 0 Å². The fourth-order valence-electron chi connectivity index (χ4n) is 1.63. The number of carbonyl (C=O) groups excluding carboxylic acids is 2.